The summed E-state index contributed by atoms with van der Waals surface area (Å²) in [6.45, 7) is 0.264. The van der Waals surface area contributed by atoms with Crippen LogP contribution in [0.15, 0.2) is 18.2 Å². The zero-order chi connectivity index (χ0) is 12.7. The highest BCUT2D eigenvalue weighted by molar-refractivity contribution is 5.81. The fraction of sp³-hybridized carbons (Fsp3) is 0.462. The van der Waals surface area contributed by atoms with E-state index in [0.717, 1.165) is 31.4 Å². The first-order chi connectivity index (χ1) is 8.66. The van der Waals surface area contributed by atoms with Gasteiger partial charge in [0.05, 0.1) is 6.54 Å². The molecule has 1 aromatic carbocycles. The van der Waals surface area contributed by atoms with Crippen molar-refractivity contribution in [3.05, 3.63) is 35.4 Å². The van der Waals surface area contributed by atoms with E-state index in [1.54, 1.807) is 4.90 Å². The quantitative estimate of drug-likeness (QED) is 0.872. The lowest BCUT2D eigenvalue weighted by atomic mass is 9.91. The van der Waals surface area contributed by atoms with E-state index >= 15 is 0 Å². The monoisotopic (exact) mass is 252 g/mol. The fourth-order valence-electron chi connectivity index (χ4n) is 2.56. The molecule has 0 aromatic heterocycles. The van der Waals surface area contributed by atoms with Gasteiger partial charge in [0, 0.05) is 6.04 Å². The second-order valence-electron chi connectivity index (χ2n) is 4.84. The summed E-state index contributed by atoms with van der Waals surface area (Å²) < 4.78 is 26.2. The molecule has 0 bridgehead atoms. The van der Waals surface area contributed by atoms with Crippen LogP contribution < -0.4 is 5.32 Å². The number of nitrogens with zero attached hydrogens (tertiary/aromatic N) is 1. The standard InChI is InChI=1S/C13H14F2N2O/c14-10-5-4-8(6-11(10)15)13-16-7-12(18)17(13)9-2-1-3-9/h4-6,9,13,16H,1-3,7H2. The number of carbonyl (C=O) groups excluding carboxylic acids is 1. The Morgan fingerprint density at radius 2 is 2.00 bits per heavy atom. The Morgan fingerprint density at radius 1 is 1.22 bits per heavy atom. The van der Waals surface area contributed by atoms with Crippen LogP contribution in [0.3, 0.4) is 0 Å². The molecule has 5 heteroatoms. The Hall–Kier alpha value is -1.49. The smallest absolute Gasteiger partial charge is 0.238 e. The first-order valence-electron chi connectivity index (χ1n) is 6.16. The fourth-order valence-corrected chi connectivity index (χ4v) is 2.56. The summed E-state index contributed by atoms with van der Waals surface area (Å²) >= 11 is 0. The van der Waals surface area contributed by atoms with E-state index in [2.05, 4.69) is 5.32 Å². The lowest BCUT2D eigenvalue weighted by Crippen LogP contribution is -2.43. The predicted molar refractivity (Wildman–Crippen MR) is 61.6 cm³/mol. The van der Waals surface area contributed by atoms with E-state index in [1.165, 1.54) is 6.07 Å². The van der Waals surface area contributed by atoms with Crippen LogP contribution in [0, 0.1) is 11.6 Å². The largest absolute Gasteiger partial charge is 0.319 e. The third kappa shape index (κ3) is 1.79. The highest BCUT2D eigenvalue weighted by Gasteiger charge is 2.39. The number of hydrogen-bond acceptors (Lipinski definition) is 2. The van der Waals surface area contributed by atoms with Gasteiger partial charge in [-0.1, -0.05) is 6.07 Å². The van der Waals surface area contributed by atoms with Crippen LogP contribution in [0.25, 0.3) is 0 Å². The number of halogens is 2. The molecule has 3 rings (SSSR count). The lowest BCUT2D eigenvalue weighted by molar-refractivity contribution is -0.132. The summed E-state index contributed by atoms with van der Waals surface area (Å²) in [6.07, 6.45) is 2.79. The normalized spacial score (nSPS) is 24.4. The average molecular weight is 252 g/mol. The molecule has 1 unspecified atom stereocenters. The van der Waals surface area contributed by atoms with E-state index < -0.39 is 11.6 Å². The van der Waals surface area contributed by atoms with Gasteiger partial charge in [0.1, 0.15) is 6.17 Å². The van der Waals surface area contributed by atoms with Gasteiger partial charge in [0.25, 0.3) is 0 Å². The molecule has 1 N–H and O–H groups in total. The van der Waals surface area contributed by atoms with Crippen molar-refractivity contribution in [3.63, 3.8) is 0 Å². The van der Waals surface area contributed by atoms with E-state index in [-0.39, 0.29) is 24.7 Å². The van der Waals surface area contributed by atoms with Crippen LogP contribution in [0.2, 0.25) is 0 Å². The molecule has 1 aliphatic heterocycles. The minimum atomic E-state index is -0.873. The summed E-state index contributed by atoms with van der Waals surface area (Å²) in [7, 11) is 0. The highest BCUT2D eigenvalue weighted by Crippen LogP contribution is 2.33. The van der Waals surface area contributed by atoms with Crippen molar-refractivity contribution in [2.45, 2.75) is 31.5 Å². The molecule has 96 valence electrons. The van der Waals surface area contributed by atoms with Gasteiger partial charge in [-0.2, -0.15) is 0 Å². The molecule has 1 saturated carbocycles. The summed E-state index contributed by atoms with van der Waals surface area (Å²) in [6, 6.07) is 4.04. The molecule has 0 radical (unpaired) electrons. The van der Waals surface area contributed by atoms with Gasteiger partial charge in [-0.15, -0.1) is 0 Å². The minimum absolute atomic E-state index is 0.0365. The van der Waals surface area contributed by atoms with Gasteiger partial charge in [-0.05, 0) is 37.0 Å². The second kappa shape index (κ2) is 4.31. The number of amides is 1. The molecule has 2 aliphatic rings. The molecule has 1 aliphatic carbocycles. The first-order valence-corrected chi connectivity index (χ1v) is 6.16. The summed E-state index contributed by atoms with van der Waals surface area (Å²) in [4.78, 5) is 13.6. The van der Waals surface area contributed by atoms with E-state index in [1.807, 2.05) is 0 Å². The zero-order valence-corrected chi connectivity index (χ0v) is 9.83. The first kappa shape index (κ1) is 11.6. The number of nitrogens with one attached hydrogen (secondary N) is 1. The predicted octanol–water partition coefficient (Wildman–Crippen LogP) is 1.95. The Kier molecular flexibility index (Phi) is 2.78. The molecule has 1 amide bonds. The summed E-state index contributed by atoms with van der Waals surface area (Å²) in [5.41, 5.74) is 0.603. The molecule has 1 aromatic rings. The van der Waals surface area contributed by atoms with Gasteiger partial charge < -0.3 is 4.90 Å². The highest BCUT2D eigenvalue weighted by atomic mass is 19.2. The van der Waals surface area contributed by atoms with Crippen molar-refractivity contribution in [2.75, 3.05) is 6.54 Å². The topological polar surface area (TPSA) is 32.3 Å². The van der Waals surface area contributed by atoms with Gasteiger partial charge in [-0.3, -0.25) is 10.1 Å². The second-order valence-corrected chi connectivity index (χ2v) is 4.84. The van der Waals surface area contributed by atoms with Gasteiger partial charge in [0.15, 0.2) is 11.6 Å². The molecule has 0 spiro atoms. The molecule has 1 saturated heterocycles. The number of hydrogen-bond donors (Lipinski definition) is 1. The van der Waals surface area contributed by atoms with Crippen molar-refractivity contribution in [1.82, 2.24) is 10.2 Å². The average Bonchev–Trinajstić information content (AvgIpc) is 2.63. The van der Waals surface area contributed by atoms with Gasteiger partial charge >= 0.3 is 0 Å². The Bertz CT molecular complexity index is 488. The van der Waals surface area contributed by atoms with Crippen molar-refractivity contribution in [3.8, 4) is 0 Å². The third-order valence-electron chi connectivity index (χ3n) is 3.74. The van der Waals surface area contributed by atoms with Crippen LogP contribution in [0.1, 0.15) is 31.0 Å². The lowest BCUT2D eigenvalue weighted by Gasteiger charge is -2.38. The van der Waals surface area contributed by atoms with Crippen molar-refractivity contribution < 1.29 is 13.6 Å². The molecule has 2 fully saturated rings. The number of benzene rings is 1. The maximum Gasteiger partial charge on any atom is 0.238 e. The molecule has 1 atom stereocenters. The maximum absolute atomic E-state index is 13.2. The Labute approximate surface area is 104 Å². The summed E-state index contributed by atoms with van der Waals surface area (Å²) in [5.74, 6) is -1.70. The van der Waals surface area contributed by atoms with Crippen LogP contribution in [-0.2, 0) is 4.79 Å². The molecule has 3 nitrogen and oxygen atoms in total. The van der Waals surface area contributed by atoms with E-state index in [4.69, 9.17) is 0 Å². The molecule has 18 heavy (non-hydrogen) atoms. The van der Waals surface area contributed by atoms with Gasteiger partial charge in [0.2, 0.25) is 5.91 Å². The summed E-state index contributed by atoms with van der Waals surface area (Å²) in [5, 5.41) is 3.06. The van der Waals surface area contributed by atoms with Crippen LogP contribution in [0.4, 0.5) is 8.78 Å². The van der Waals surface area contributed by atoms with Crippen molar-refractivity contribution in [1.29, 1.82) is 0 Å². The van der Waals surface area contributed by atoms with Crippen LogP contribution >= 0.6 is 0 Å². The Balaban J connectivity index is 1.89. The molecule has 1 heterocycles. The van der Waals surface area contributed by atoms with Gasteiger partial charge in [-0.25, -0.2) is 8.78 Å². The number of carbonyl (C=O) groups is 1. The zero-order valence-electron chi connectivity index (χ0n) is 9.83. The van der Waals surface area contributed by atoms with Crippen LogP contribution in [0.5, 0.6) is 0 Å². The van der Waals surface area contributed by atoms with E-state index in [9.17, 15) is 13.6 Å². The molecular formula is C13H14F2N2O. The number of rotatable bonds is 2. The maximum atomic E-state index is 13.2. The minimum Gasteiger partial charge on any atom is -0.319 e. The Morgan fingerprint density at radius 3 is 2.61 bits per heavy atom. The molecular weight excluding hydrogens is 238 g/mol. The van der Waals surface area contributed by atoms with Crippen molar-refractivity contribution >= 4 is 5.91 Å². The van der Waals surface area contributed by atoms with Crippen LogP contribution in [-0.4, -0.2) is 23.4 Å². The third-order valence-corrected chi connectivity index (χ3v) is 3.74. The van der Waals surface area contributed by atoms with E-state index in [0.29, 0.717) is 5.56 Å². The van der Waals surface area contributed by atoms with Crippen molar-refractivity contribution in [2.24, 2.45) is 0 Å². The SMILES string of the molecule is O=C1CNC(c2ccc(F)c(F)c2)N1C1CCC1.